The Hall–Kier alpha value is -1.94. The molecule has 0 aromatic carbocycles. The molecule has 0 heterocycles. The molecule has 19 heteroatoms. The normalized spacial score (nSPS) is 14.4. The van der Waals surface area contributed by atoms with Gasteiger partial charge >= 0.3 is 39.5 Å². The third-order valence-electron chi connectivity index (χ3n) is 13.1. The molecule has 0 aromatic rings. The summed E-state index contributed by atoms with van der Waals surface area (Å²) < 4.78 is 67.4. The average Bonchev–Trinajstić information content (AvgIpc) is 3.39. The fraction of sp³-hybridized carbons (Fsp3) is 0.930. The van der Waals surface area contributed by atoms with Gasteiger partial charge in [0.25, 0.3) is 0 Å². The summed E-state index contributed by atoms with van der Waals surface area (Å²) in [6.07, 6.45) is 35.2. The molecule has 2 unspecified atom stereocenters. The van der Waals surface area contributed by atoms with Crippen molar-refractivity contribution in [3.63, 3.8) is 0 Å². The first-order valence-corrected chi connectivity index (χ1v) is 33.3. The lowest BCUT2D eigenvalue weighted by atomic mass is 10.0. The number of ether oxygens (including phenoxy) is 4. The number of aliphatic hydroxyl groups excluding tert-OH is 1. The quantitative estimate of drug-likeness (QED) is 0.0222. The van der Waals surface area contributed by atoms with Gasteiger partial charge in [-0.05, 0) is 25.7 Å². The van der Waals surface area contributed by atoms with Gasteiger partial charge in [0, 0.05) is 25.7 Å². The van der Waals surface area contributed by atoms with Crippen molar-refractivity contribution in [1.29, 1.82) is 0 Å². The molecule has 0 spiro atoms. The lowest BCUT2D eigenvalue weighted by Gasteiger charge is -2.21. The molecule has 5 atom stereocenters. The van der Waals surface area contributed by atoms with Crippen LogP contribution in [0.25, 0.3) is 0 Å². The summed E-state index contributed by atoms with van der Waals surface area (Å²) in [6.45, 7) is 4.71. The van der Waals surface area contributed by atoms with E-state index >= 15 is 0 Å². The lowest BCUT2D eigenvalue weighted by Crippen LogP contribution is -2.30. The van der Waals surface area contributed by atoms with E-state index in [0.29, 0.717) is 25.7 Å². The number of phosphoric ester groups is 2. The summed E-state index contributed by atoms with van der Waals surface area (Å²) in [5.74, 6) is -2.16. The van der Waals surface area contributed by atoms with Crippen molar-refractivity contribution in [3.8, 4) is 0 Å². The molecule has 0 fully saturated rings. The second-order valence-corrected chi connectivity index (χ2v) is 23.6. The van der Waals surface area contributed by atoms with E-state index in [4.69, 9.17) is 37.0 Å². The Kier molecular flexibility index (Phi) is 51.1. The highest BCUT2D eigenvalue weighted by atomic mass is 31.2. The van der Waals surface area contributed by atoms with Gasteiger partial charge in [0.1, 0.15) is 19.3 Å². The van der Waals surface area contributed by atoms with E-state index in [1.165, 1.54) is 96.3 Å². The highest BCUT2D eigenvalue weighted by Gasteiger charge is 2.30. The van der Waals surface area contributed by atoms with Crippen molar-refractivity contribution < 1.29 is 80.2 Å². The monoisotopic (exact) mass is 1130 g/mol. The van der Waals surface area contributed by atoms with Gasteiger partial charge in [0.05, 0.1) is 26.4 Å². The summed E-state index contributed by atoms with van der Waals surface area (Å²) in [4.78, 5) is 71.5. The highest BCUT2D eigenvalue weighted by molar-refractivity contribution is 7.47. The van der Waals surface area contributed by atoms with E-state index in [-0.39, 0.29) is 25.7 Å². The maximum atomic E-state index is 12.9. The van der Waals surface area contributed by atoms with E-state index in [1.54, 1.807) is 0 Å². The number of hydrogen-bond acceptors (Lipinski definition) is 15. The largest absolute Gasteiger partial charge is 0.472 e. The van der Waals surface area contributed by atoms with Gasteiger partial charge in [-0.25, -0.2) is 9.13 Å². The van der Waals surface area contributed by atoms with E-state index in [9.17, 15) is 43.2 Å². The van der Waals surface area contributed by atoms with Gasteiger partial charge in [-0.1, -0.05) is 233 Å². The summed E-state index contributed by atoms with van der Waals surface area (Å²) in [6, 6.07) is 0. The van der Waals surface area contributed by atoms with Crippen LogP contribution in [-0.4, -0.2) is 96.7 Å². The molecular formula is C57H110O17P2. The van der Waals surface area contributed by atoms with Gasteiger partial charge in [0.15, 0.2) is 12.2 Å². The van der Waals surface area contributed by atoms with Crippen LogP contribution in [0.4, 0.5) is 0 Å². The van der Waals surface area contributed by atoms with Gasteiger partial charge in [-0.2, -0.15) is 0 Å². The van der Waals surface area contributed by atoms with Crippen LogP contribution >= 0.6 is 15.6 Å². The number of carbonyl (C=O) groups is 4. The SMILES string of the molecule is CCCCCCCCCCCCCCCC(=O)OC[C@H](COP(=O)(O)OC[C@H](O)COP(=O)(O)OC[C@@H](COC(=O)CCCCCCC)OC(=O)CCCCCCCCC)OC(=O)CCCCCCCCCCCCC. The van der Waals surface area contributed by atoms with Crippen molar-refractivity contribution in [3.05, 3.63) is 0 Å². The van der Waals surface area contributed by atoms with Crippen molar-refractivity contribution in [2.75, 3.05) is 39.6 Å². The number of carbonyl (C=O) groups excluding carboxylic acids is 4. The Morgan fingerprint density at radius 1 is 0.316 bits per heavy atom. The van der Waals surface area contributed by atoms with Crippen LogP contribution in [0.2, 0.25) is 0 Å². The molecule has 17 nitrogen and oxygen atoms in total. The molecule has 0 amide bonds. The average molecular weight is 1130 g/mol. The zero-order valence-corrected chi connectivity index (χ0v) is 50.0. The molecular weight excluding hydrogens is 1020 g/mol. The van der Waals surface area contributed by atoms with Crippen molar-refractivity contribution in [2.45, 2.75) is 303 Å². The second-order valence-electron chi connectivity index (χ2n) is 20.7. The first-order valence-electron chi connectivity index (χ1n) is 30.3. The number of esters is 4. The van der Waals surface area contributed by atoms with E-state index in [1.807, 2.05) is 0 Å². The van der Waals surface area contributed by atoms with Crippen molar-refractivity contribution >= 4 is 39.5 Å². The molecule has 3 N–H and O–H groups in total. The van der Waals surface area contributed by atoms with Crippen molar-refractivity contribution in [2.24, 2.45) is 0 Å². The van der Waals surface area contributed by atoms with Crippen LogP contribution in [0.15, 0.2) is 0 Å². The molecule has 0 rings (SSSR count). The summed E-state index contributed by atoms with van der Waals surface area (Å²) >= 11 is 0. The smallest absolute Gasteiger partial charge is 0.462 e. The molecule has 0 saturated heterocycles. The van der Waals surface area contributed by atoms with Gasteiger partial charge in [-0.3, -0.25) is 37.3 Å². The van der Waals surface area contributed by atoms with Gasteiger partial charge < -0.3 is 33.8 Å². The van der Waals surface area contributed by atoms with E-state index in [2.05, 4.69) is 27.7 Å². The van der Waals surface area contributed by atoms with Crippen molar-refractivity contribution in [1.82, 2.24) is 0 Å². The van der Waals surface area contributed by atoms with Crippen LogP contribution in [0.3, 0.4) is 0 Å². The number of aliphatic hydroxyl groups is 1. The molecule has 0 aliphatic carbocycles. The fourth-order valence-electron chi connectivity index (χ4n) is 8.40. The maximum Gasteiger partial charge on any atom is 0.472 e. The molecule has 0 aromatic heterocycles. The Morgan fingerprint density at radius 3 is 0.776 bits per heavy atom. The van der Waals surface area contributed by atoms with E-state index in [0.717, 1.165) is 109 Å². The third kappa shape index (κ3) is 51.5. The molecule has 450 valence electrons. The number of hydrogen-bond donors (Lipinski definition) is 3. The number of unbranched alkanes of at least 4 members (excludes halogenated alkanes) is 32. The molecule has 76 heavy (non-hydrogen) atoms. The predicted octanol–water partition coefficient (Wildman–Crippen LogP) is 15.2. The minimum Gasteiger partial charge on any atom is -0.462 e. The van der Waals surface area contributed by atoms with Crippen LogP contribution in [-0.2, 0) is 65.4 Å². The minimum absolute atomic E-state index is 0.103. The summed E-state index contributed by atoms with van der Waals surface area (Å²) in [5, 5.41) is 10.5. The predicted molar refractivity (Wildman–Crippen MR) is 299 cm³/mol. The Balaban J connectivity index is 5.15. The van der Waals surface area contributed by atoms with Crippen LogP contribution in [0.1, 0.15) is 285 Å². The van der Waals surface area contributed by atoms with Crippen LogP contribution < -0.4 is 0 Å². The zero-order valence-electron chi connectivity index (χ0n) is 48.2. The topological polar surface area (TPSA) is 237 Å². The summed E-state index contributed by atoms with van der Waals surface area (Å²) in [7, 11) is -9.86. The second kappa shape index (κ2) is 52.4. The van der Waals surface area contributed by atoms with Crippen LogP contribution in [0.5, 0.6) is 0 Å². The first kappa shape index (κ1) is 74.1. The third-order valence-corrected chi connectivity index (χ3v) is 15.0. The minimum atomic E-state index is -4.93. The fourth-order valence-corrected chi connectivity index (χ4v) is 9.98. The van der Waals surface area contributed by atoms with Gasteiger partial charge in [-0.15, -0.1) is 0 Å². The number of phosphoric acid groups is 2. The first-order chi connectivity index (χ1) is 36.7. The van der Waals surface area contributed by atoms with Crippen LogP contribution in [0, 0.1) is 0 Å². The Bertz CT molecular complexity index is 1490. The molecule has 0 radical (unpaired) electrons. The Labute approximate surface area is 460 Å². The maximum absolute atomic E-state index is 12.9. The Morgan fingerprint density at radius 2 is 0.526 bits per heavy atom. The molecule has 0 aliphatic heterocycles. The number of rotatable bonds is 58. The van der Waals surface area contributed by atoms with Gasteiger partial charge in [0.2, 0.25) is 0 Å². The molecule has 0 saturated carbocycles. The molecule has 0 bridgehead atoms. The molecule has 0 aliphatic rings. The zero-order chi connectivity index (χ0) is 56.2. The standard InChI is InChI=1S/C57H110O17P2/c1-5-9-13-17-20-22-24-25-27-28-31-34-38-42-55(60)68-48-53(74-57(62)44-40-36-32-29-26-23-21-18-14-10-6-2)50-72-76(65,66)70-46-51(58)45-69-75(63,64)71-49-52(47-67-54(59)41-37-33-16-12-8-4)73-56(61)43-39-35-30-19-15-11-7-3/h51-53,58H,5-50H2,1-4H3,(H,63,64)(H,65,66)/t51-,52-,53-/m1/s1. The summed E-state index contributed by atoms with van der Waals surface area (Å²) in [5.41, 5.74) is 0. The van der Waals surface area contributed by atoms with E-state index < -0.39 is 97.5 Å². The highest BCUT2D eigenvalue weighted by Crippen LogP contribution is 2.45. The lowest BCUT2D eigenvalue weighted by molar-refractivity contribution is -0.161.